The van der Waals surface area contributed by atoms with Crippen LogP contribution in [0.25, 0.3) is 0 Å². The Morgan fingerprint density at radius 1 is 1.25 bits per heavy atom. The van der Waals surface area contributed by atoms with E-state index in [9.17, 15) is 5.11 Å². The lowest BCUT2D eigenvalue weighted by molar-refractivity contribution is 0.116. The Hall–Kier alpha value is -0.0800. The minimum absolute atomic E-state index is 0.169. The number of hydrogen-bond acceptors (Lipinski definition) is 2. The van der Waals surface area contributed by atoms with E-state index in [1.807, 2.05) is 6.92 Å². The highest BCUT2D eigenvalue weighted by atomic mass is 16.3. The first kappa shape index (κ1) is 12.4. The Morgan fingerprint density at radius 2 is 2.00 bits per heavy atom. The second-order valence-corrected chi connectivity index (χ2v) is 6.31. The molecule has 2 aliphatic rings. The topological polar surface area (TPSA) is 23.5 Å². The summed E-state index contributed by atoms with van der Waals surface area (Å²) in [4.78, 5) is 2.46. The molecule has 5 unspecified atom stereocenters. The number of aliphatic hydroxyl groups excluding tert-OH is 1. The van der Waals surface area contributed by atoms with E-state index in [2.05, 4.69) is 18.9 Å². The molecule has 0 saturated heterocycles. The van der Waals surface area contributed by atoms with Crippen LogP contribution in [-0.2, 0) is 0 Å². The molecule has 0 aromatic rings. The Labute approximate surface area is 100 Å². The predicted octanol–water partition coefficient (Wildman–Crippen LogP) is 2.51. The van der Waals surface area contributed by atoms with E-state index >= 15 is 0 Å². The molecule has 0 aliphatic heterocycles. The molecule has 0 amide bonds. The number of hydrogen-bond donors (Lipinski definition) is 1. The molecule has 2 rings (SSSR count). The molecule has 94 valence electrons. The van der Waals surface area contributed by atoms with Crippen LogP contribution < -0.4 is 0 Å². The van der Waals surface area contributed by atoms with E-state index in [0.717, 1.165) is 24.2 Å². The summed E-state index contributed by atoms with van der Waals surface area (Å²) in [6.07, 6.45) is 6.68. The van der Waals surface area contributed by atoms with E-state index in [1.165, 1.54) is 32.2 Å². The summed E-state index contributed by atoms with van der Waals surface area (Å²) in [7, 11) is 2.22. The summed E-state index contributed by atoms with van der Waals surface area (Å²) in [5.74, 6) is 3.02. The van der Waals surface area contributed by atoms with Gasteiger partial charge in [-0.1, -0.05) is 6.42 Å². The van der Waals surface area contributed by atoms with Crippen molar-refractivity contribution in [1.82, 2.24) is 4.90 Å². The van der Waals surface area contributed by atoms with Crippen molar-refractivity contribution in [2.45, 2.75) is 58.1 Å². The zero-order chi connectivity index (χ0) is 11.7. The van der Waals surface area contributed by atoms with Crippen molar-refractivity contribution < 1.29 is 5.11 Å². The average Bonchev–Trinajstić information content (AvgIpc) is 2.77. The van der Waals surface area contributed by atoms with Gasteiger partial charge in [-0.15, -0.1) is 0 Å². The summed E-state index contributed by atoms with van der Waals surface area (Å²) in [5, 5.41) is 9.41. The molecule has 0 aromatic carbocycles. The fourth-order valence-electron chi connectivity index (χ4n) is 3.82. The maximum absolute atomic E-state index is 9.41. The van der Waals surface area contributed by atoms with Gasteiger partial charge in [0, 0.05) is 12.6 Å². The smallest absolute Gasteiger partial charge is 0.0526 e. The molecule has 2 heteroatoms. The first-order valence-electron chi connectivity index (χ1n) is 6.94. The summed E-state index contributed by atoms with van der Waals surface area (Å²) in [6.45, 7) is 5.37. The normalized spacial score (nSPS) is 36.9. The molecule has 0 spiro atoms. The lowest BCUT2D eigenvalue weighted by Crippen LogP contribution is -2.36. The van der Waals surface area contributed by atoms with Crippen LogP contribution in [0.3, 0.4) is 0 Å². The third kappa shape index (κ3) is 2.78. The van der Waals surface area contributed by atoms with Gasteiger partial charge in [0.05, 0.1) is 6.10 Å². The fourth-order valence-corrected chi connectivity index (χ4v) is 3.82. The molecule has 2 aliphatic carbocycles. The molecule has 1 N–H and O–H groups in total. The molecular weight excluding hydrogens is 198 g/mol. The van der Waals surface area contributed by atoms with Gasteiger partial charge in [0.15, 0.2) is 0 Å². The van der Waals surface area contributed by atoms with Crippen LogP contribution in [0.4, 0.5) is 0 Å². The van der Waals surface area contributed by atoms with E-state index in [1.54, 1.807) is 0 Å². The molecule has 16 heavy (non-hydrogen) atoms. The van der Waals surface area contributed by atoms with Crippen molar-refractivity contribution in [3.05, 3.63) is 0 Å². The minimum atomic E-state index is -0.169. The molecule has 2 saturated carbocycles. The van der Waals surface area contributed by atoms with Crippen molar-refractivity contribution in [3.8, 4) is 0 Å². The lowest BCUT2D eigenvalue weighted by Gasteiger charge is -2.31. The summed E-state index contributed by atoms with van der Waals surface area (Å²) < 4.78 is 0. The third-order valence-corrected chi connectivity index (χ3v) is 4.84. The van der Waals surface area contributed by atoms with Crippen molar-refractivity contribution in [3.63, 3.8) is 0 Å². The van der Waals surface area contributed by atoms with E-state index in [4.69, 9.17) is 0 Å². The van der Waals surface area contributed by atoms with Crippen LogP contribution in [0, 0.1) is 17.8 Å². The summed E-state index contributed by atoms with van der Waals surface area (Å²) >= 11 is 0. The molecule has 2 bridgehead atoms. The Bertz CT molecular complexity index is 229. The van der Waals surface area contributed by atoms with E-state index in [0.29, 0.717) is 6.04 Å². The Kier molecular flexibility index (Phi) is 3.91. The Morgan fingerprint density at radius 3 is 2.50 bits per heavy atom. The van der Waals surface area contributed by atoms with E-state index in [-0.39, 0.29) is 6.10 Å². The van der Waals surface area contributed by atoms with Gasteiger partial charge in [0.1, 0.15) is 0 Å². The van der Waals surface area contributed by atoms with Crippen molar-refractivity contribution in [2.75, 3.05) is 13.6 Å². The van der Waals surface area contributed by atoms with Crippen molar-refractivity contribution in [2.24, 2.45) is 17.8 Å². The molecule has 2 nitrogen and oxygen atoms in total. The SMILES string of the molecule is CC(O)CC(C)N(C)CC1CC2CCC1C2. The van der Waals surface area contributed by atoms with Crippen LogP contribution >= 0.6 is 0 Å². The van der Waals surface area contributed by atoms with Gasteiger partial charge < -0.3 is 10.0 Å². The monoisotopic (exact) mass is 225 g/mol. The zero-order valence-electron chi connectivity index (χ0n) is 11.0. The van der Waals surface area contributed by atoms with Crippen molar-refractivity contribution >= 4 is 0 Å². The standard InChI is InChI=1S/C14H27NO/c1-10(6-11(2)16)15(3)9-14-8-12-4-5-13(14)7-12/h10-14,16H,4-9H2,1-3H3. The van der Waals surface area contributed by atoms with Crippen LogP contribution in [0.15, 0.2) is 0 Å². The van der Waals surface area contributed by atoms with Gasteiger partial charge in [-0.3, -0.25) is 0 Å². The first-order chi connectivity index (χ1) is 7.56. The Balaban J connectivity index is 1.76. The van der Waals surface area contributed by atoms with Crippen LogP contribution in [-0.4, -0.2) is 35.7 Å². The summed E-state index contributed by atoms with van der Waals surface area (Å²) in [5.41, 5.74) is 0. The van der Waals surface area contributed by atoms with Crippen molar-refractivity contribution in [1.29, 1.82) is 0 Å². The summed E-state index contributed by atoms with van der Waals surface area (Å²) in [6, 6.07) is 0.513. The lowest BCUT2D eigenvalue weighted by atomic mass is 9.88. The molecule has 5 atom stereocenters. The van der Waals surface area contributed by atoms with E-state index < -0.39 is 0 Å². The second-order valence-electron chi connectivity index (χ2n) is 6.31. The number of rotatable bonds is 5. The second kappa shape index (κ2) is 5.05. The quantitative estimate of drug-likeness (QED) is 0.777. The highest BCUT2D eigenvalue weighted by Crippen LogP contribution is 2.48. The first-order valence-corrected chi connectivity index (χ1v) is 6.94. The van der Waals surface area contributed by atoms with Gasteiger partial charge in [-0.05, 0) is 64.3 Å². The molecular formula is C14H27NO. The fraction of sp³-hybridized carbons (Fsp3) is 1.00. The minimum Gasteiger partial charge on any atom is -0.393 e. The molecule has 0 radical (unpaired) electrons. The maximum Gasteiger partial charge on any atom is 0.0526 e. The predicted molar refractivity (Wildman–Crippen MR) is 67.3 cm³/mol. The molecule has 2 fully saturated rings. The van der Waals surface area contributed by atoms with Gasteiger partial charge >= 0.3 is 0 Å². The van der Waals surface area contributed by atoms with Crippen LogP contribution in [0.5, 0.6) is 0 Å². The molecule has 0 aromatic heterocycles. The van der Waals surface area contributed by atoms with Crippen LogP contribution in [0.2, 0.25) is 0 Å². The zero-order valence-corrected chi connectivity index (χ0v) is 11.0. The highest BCUT2D eigenvalue weighted by Gasteiger charge is 2.39. The number of aliphatic hydroxyl groups is 1. The van der Waals surface area contributed by atoms with Gasteiger partial charge in [-0.25, -0.2) is 0 Å². The average molecular weight is 225 g/mol. The van der Waals surface area contributed by atoms with Gasteiger partial charge in [0.2, 0.25) is 0 Å². The molecule has 0 heterocycles. The van der Waals surface area contributed by atoms with Gasteiger partial charge in [0.25, 0.3) is 0 Å². The maximum atomic E-state index is 9.41. The highest BCUT2D eigenvalue weighted by molar-refractivity contribution is 4.91. The van der Waals surface area contributed by atoms with Gasteiger partial charge in [-0.2, -0.15) is 0 Å². The largest absolute Gasteiger partial charge is 0.393 e. The van der Waals surface area contributed by atoms with Crippen LogP contribution in [0.1, 0.15) is 46.0 Å². The number of nitrogens with zero attached hydrogens (tertiary/aromatic N) is 1. The number of fused-ring (bicyclic) bond motifs is 2. The third-order valence-electron chi connectivity index (χ3n) is 4.84.